The molecule has 2 heterocycles. The number of nitrogens with one attached hydrogen (secondary N) is 1. The minimum Gasteiger partial charge on any atom is -0.332 e. The van der Waals surface area contributed by atoms with Crippen LogP contribution in [0.15, 0.2) is 91.3 Å². The number of rotatable bonds is 3. The van der Waals surface area contributed by atoms with Gasteiger partial charge in [0, 0.05) is 27.4 Å². The first kappa shape index (κ1) is 21.1. The minimum atomic E-state index is -0.167. The molecule has 6 aromatic rings. The van der Waals surface area contributed by atoms with Gasteiger partial charge in [-0.1, -0.05) is 93.4 Å². The lowest BCUT2D eigenvalue weighted by atomic mass is 9.81. The van der Waals surface area contributed by atoms with Crippen LogP contribution in [0.2, 0.25) is 0 Å². The van der Waals surface area contributed by atoms with E-state index in [0.717, 1.165) is 22.3 Å². The summed E-state index contributed by atoms with van der Waals surface area (Å²) in [6, 6.07) is 29.6. The normalized spacial score (nSPS) is 13.6. The number of hydrogen-bond acceptors (Lipinski definition) is 5. The lowest BCUT2D eigenvalue weighted by Crippen LogP contribution is -2.17. The molecule has 2 aromatic heterocycles. The fourth-order valence-electron chi connectivity index (χ4n) is 5.78. The van der Waals surface area contributed by atoms with Gasteiger partial charge in [0.1, 0.15) is 6.33 Å². The Labute approximate surface area is 214 Å². The predicted octanol–water partition coefficient (Wildman–Crippen LogP) is 7.20. The molecule has 7 rings (SSSR count). The van der Waals surface area contributed by atoms with Crippen LogP contribution in [0.4, 0.5) is 5.69 Å². The fraction of sp³-hybridized carbons (Fsp3) is 0.100. The molecule has 0 spiro atoms. The summed E-state index contributed by atoms with van der Waals surface area (Å²) in [5, 5.41) is 2.39. The second kappa shape index (κ2) is 7.67. The molecule has 0 unspecified atom stereocenters. The molecular formula is C30H23N5S. The van der Waals surface area contributed by atoms with E-state index in [9.17, 15) is 0 Å². The highest BCUT2D eigenvalue weighted by Gasteiger charge is 2.38. The highest BCUT2D eigenvalue weighted by atomic mass is 32.1. The van der Waals surface area contributed by atoms with Crippen molar-refractivity contribution in [3.05, 3.63) is 102 Å². The number of anilines is 1. The molecule has 0 atom stereocenters. The molecule has 0 amide bonds. The van der Waals surface area contributed by atoms with Gasteiger partial charge >= 0.3 is 0 Å². The zero-order valence-corrected chi connectivity index (χ0v) is 20.8. The molecule has 36 heavy (non-hydrogen) atoms. The van der Waals surface area contributed by atoms with Crippen molar-refractivity contribution >= 4 is 40.3 Å². The van der Waals surface area contributed by atoms with Crippen molar-refractivity contribution in [2.75, 3.05) is 4.72 Å². The van der Waals surface area contributed by atoms with Crippen LogP contribution in [0.25, 0.3) is 50.3 Å². The average molecular weight is 486 g/mol. The van der Waals surface area contributed by atoms with Gasteiger partial charge in [-0.2, -0.15) is 4.98 Å². The van der Waals surface area contributed by atoms with Gasteiger partial charge in [0.15, 0.2) is 5.82 Å². The average Bonchev–Trinajstić information content (AvgIpc) is 3.38. The zero-order chi connectivity index (χ0) is 24.4. The van der Waals surface area contributed by atoms with E-state index >= 15 is 0 Å². The van der Waals surface area contributed by atoms with Gasteiger partial charge in [0.25, 0.3) is 0 Å². The van der Waals surface area contributed by atoms with Crippen molar-refractivity contribution in [1.29, 1.82) is 0 Å². The lowest BCUT2D eigenvalue weighted by Gasteiger charge is -2.23. The topological polar surface area (TPSA) is 55.6 Å². The fourth-order valence-corrected chi connectivity index (χ4v) is 5.92. The van der Waals surface area contributed by atoms with Crippen molar-refractivity contribution in [3.63, 3.8) is 0 Å². The minimum absolute atomic E-state index is 0.167. The summed E-state index contributed by atoms with van der Waals surface area (Å²) >= 11 is 4.19. The quantitative estimate of drug-likeness (QED) is 0.260. The van der Waals surface area contributed by atoms with Crippen molar-refractivity contribution in [1.82, 2.24) is 19.5 Å². The van der Waals surface area contributed by atoms with Gasteiger partial charge in [0.2, 0.25) is 5.95 Å². The van der Waals surface area contributed by atoms with Crippen molar-refractivity contribution < 1.29 is 0 Å². The third-order valence-electron chi connectivity index (χ3n) is 7.36. The summed E-state index contributed by atoms with van der Waals surface area (Å²) in [5.41, 5.74) is 9.06. The molecule has 0 fully saturated rings. The summed E-state index contributed by atoms with van der Waals surface area (Å²) in [5.74, 6) is 1.22. The van der Waals surface area contributed by atoms with Gasteiger partial charge in [-0.25, -0.2) is 9.97 Å². The van der Waals surface area contributed by atoms with Crippen LogP contribution in [0.3, 0.4) is 0 Å². The Morgan fingerprint density at radius 3 is 2.53 bits per heavy atom. The van der Waals surface area contributed by atoms with Gasteiger partial charge in [-0.05, 0) is 40.5 Å². The monoisotopic (exact) mass is 485 g/mol. The molecule has 0 aliphatic heterocycles. The van der Waals surface area contributed by atoms with E-state index in [-0.39, 0.29) is 5.41 Å². The van der Waals surface area contributed by atoms with E-state index in [1.54, 1.807) is 6.33 Å². The van der Waals surface area contributed by atoms with Crippen LogP contribution in [0.5, 0.6) is 0 Å². The largest absolute Gasteiger partial charge is 0.332 e. The van der Waals surface area contributed by atoms with Crippen molar-refractivity contribution in [2.24, 2.45) is 0 Å². The first-order valence-corrected chi connectivity index (χ1v) is 12.4. The summed E-state index contributed by atoms with van der Waals surface area (Å²) in [4.78, 5) is 14.2. The smallest absolute Gasteiger partial charge is 0.238 e. The highest BCUT2D eigenvalue weighted by molar-refractivity contribution is 7.81. The summed E-state index contributed by atoms with van der Waals surface area (Å²) < 4.78 is 5.10. The standard InChI is InChI=1S/C30H23N5S/c1-30(2)24-12-5-3-10-20(24)22-14-15-23-21-11-4-6-13-25(21)35(27(23)26(22)30)29-32-17-31-28(33-29)18-8-7-9-19(16-18)34-36/h3-17,34,36H,1-2H3. The molecule has 0 radical (unpaired) electrons. The van der Waals surface area contributed by atoms with E-state index in [0.29, 0.717) is 11.8 Å². The van der Waals surface area contributed by atoms with Gasteiger partial charge < -0.3 is 4.72 Å². The van der Waals surface area contributed by atoms with E-state index < -0.39 is 0 Å². The molecule has 6 heteroatoms. The van der Waals surface area contributed by atoms with Crippen molar-refractivity contribution in [3.8, 4) is 28.5 Å². The summed E-state index contributed by atoms with van der Waals surface area (Å²) in [7, 11) is 0. The third kappa shape index (κ3) is 2.88. The number of para-hydroxylation sites is 1. The lowest BCUT2D eigenvalue weighted by molar-refractivity contribution is 0.663. The summed E-state index contributed by atoms with van der Waals surface area (Å²) in [6.45, 7) is 4.63. The number of fused-ring (bicyclic) bond motifs is 7. The second-order valence-corrected chi connectivity index (χ2v) is 9.93. The summed E-state index contributed by atoms with van der Waals surface area (Å²) in [6.07, 6.45) is 1.60. The van der Waals surface area contributed by atoms with Crippen LogP contribution in [-0.4, -0.2) is 19.5 Å². The maximum absolute atomic E-state index is 4.97. The zero-order valence-electron chi connectivity index (χ0n) is 19.9. The maximum atomic E-state index is 4.97. The number of thiol groups is 1. The SMILES string of the molecule is CC1(C)c2ccccc2-c2ccc3c4ccccc4n(-c4ncnc(-c5cccc(NS)c5)n4)c3c21. The Morgan fingerprint density at radius 1 is 0.806 bits per heavy atom. The Bertz CT molecular complexity index is 1820. The molecule has 5 nitrogen and oxygen atoms in total. The molecule has 0 bridgehead atoms. The molecule has 174 valence electrons. The van der Waals surface area contributed by atoms with Gasteiger partial charge in [-0.3, -0.25) is 4.57 Å². The number of aromatic nitrogens is 4. The van der Waals surface area contributed by atoms with Crippen LogP contribution in [0.1, 0.15) is 25.0 Å². The maximum Gasteiger partial charge on any atom is 0.238 e. The van der Waals surface area contributed by atoms with E-state index in [1.807, 2.05) is 24.3 Å². The van der Waals surface area contributed by atoms with E-state index in [2.05, 4.69) is 107 Å². The molecule has 4 aromatic carbocycles. The second-order valence-electron chi connectivity index (χ2n) is 9.71. The Kier molecular flexibility index (Phi) is 4.51. The van der Waals surface area contributed by atoms with Crippen LogP contribution >= 0.6 is 12.8 Å². The molecule has 1 aliphatic rings. The molecule has 0 saturated carbocycles. The van der Waals surface area contributed by atoms with Crippen molar-refractivity contribution in [2.45, 2.75) is 19.3 Å². The number of benzene rings is 4. The van der Waals surface area contributed by atoms with E-state index in [1.165, 1.54) is 33.0 Å². The predicted molar refractivity (Wildman–Crippen MR) is 150 cm³/mol. The van der Waals surface area contributed by atoms with Crippen LogP contribution < -0.4 is 4.72 Å². The Balaban J connectivity index is 1.57. The molecule has 0 saturated heterocycles. The molecule has 1 N–H and O–H groups in total. The first-order valence-electron chi connectivity index (χ1n) is 11.9. The Hall–Kier alpha value is -4.16. The molecule has 1 aliphatic carbocycles. The third-order valence-corrected chi connectivity index (χ3v) is 7.62. The van der Waals surface area contributed by atoms with Gasteiger partial charge in [-0.15, -0.1) is 0 Å². The van der Waals surface area contributed by atoms with E-state index in [4.69, 9.17) is 4.98 Å². The number of nitrogens with zero attached hydrogens (tertiary/aromatic N) is 4. The van der Waals surface area contributed by atoms with Crippen LogP contribution in [-0.2, 0) is 5.41 Å². The highest BCUT2D eigenvalue weighted by Crippen LogP contribution is 2.52. The Morgan fingerprint density at radius 2 is 1.64 bits per heavy atom. The van der Waals surface area contributed by atoms with Gasteiger partial charge in [0.05, 0.1) is 11.0 Å². The first-order chi connectivity index (χ1) is 17.6. The molecular weight excluding hydrogens is 462 g/mol. The number of hydrogen-bond donors (Lipinski definition) is 2. The van der Waals surface area contributed by atoms with Crippen LogP contribution in [0, 0.1) is 0 Å².